The third-order valence-corrected chi connectivity index (χ3v) is 8.76. The summed E-state index contributed by atoms with van der Waals surface area (Å²) < 4.78 is 5.54. The monoisotopic (exact) mass is 618 g/mol. The van der Waals surface area contributed by atoms with Gasteiger partial charge in [0.15, 0.2) is 0 Å². The molecule has 10 nitrogen and oxygen atoms in total. The molecule has 242 valence electrons. The van der Waals surface area contributed by atoms with Crippen molar-refractivity contribution < 1.29 is 24.5 Å². The number of ether oxygens (including phenoxy) is 1. The highest BCUT2D eigenvalue weighted by atomic mass is 16.5. The largest absolute Gasteiger partial charge is 0.491 e. The highest BCUT2D eigenvalue weighted by molar-refractivity contribution is 5.99. The number of hydrogen-bond acceptors (Lipinski definition) is 6. The lowest BCUT2D eigenvalue weighted by atomic mass is 9.88. The topological polar surface area (TPSA) is 144 Å². The van der Waals surface area contributed by atoms with Gasteiger partial charge in [-0.05, 0) is 105 Å². The number of amides is 2. The molecule has 1 heterocycles. The molecule has 0 bridgehead atoms. The van der Waals surface area contributed by atoms with Crippen molar-refractivity contribution in [1.29, 1.82) is 0 Å². The van der Waals surface area contributed by atoms with Crippen molar-refractivity contribution in [2.24, 2.45) is 0 Å². The van der Waals surface area contributed by atoms with Crippen LogP contribution in [0.25, 0.3) is 11.1 Å². The zero-order chi connectivity index (χ0) is 32.5. The third-order valence-electron chi connectivity index (χ3n) is 8.76. The predicted molar refractivity (Wildman–Crippen MR) is 176 cm³/mol. The minimum atomic E-state index is -0.993. The van der Waals surface area contributed by atoms with Crippen LogP contribution < -0.4 is 25.8 Å². The normalized spacial score (nSPS) is 16.2. The Morgan fingerprint density at radius 2 is 1.71 bits per heavy atom. The molecule has 1 saturated carbocycles. The van der Waals surface area contributed by atoms with E-state index in [1.807, 2.05) is 57.2 Å². The first kappa shape index (κ1) is 33.6. The molecule has 2 amide bonds. The van der Waals surface area contributed by atoms with E-state index in [2.05, 4.69) is 33.5 Å². The van der Waals surface area contributed by atoms with Gasteiger partial charge in [-0.3, -0.25) is 9.59 Å². The number of H-pyrrole nitrogens is 1. The Balaban J connectivity index is 1.69. The van der Waals surface area contributed by atoms with Gasteiger partial charge in [-0.25, -0.2) is 4.79 Å². The van der Waals surface area contributed by atoms with Gasteiger partial charge in [-0.15, -0.1) is 0 Å². The summed E-state index contributed by atoms with van der Waals surface area (Å²) in [4.78, 5) is 43.2. The number of aliphatic hydroxyl groups excluding tert-OH is 1. The second kappa shape index (κ2) is 15.6. The number of benzene rings is 2. The number of carbonyl (C=O) groups is 2. The molecule has 10 heteroatoms. The van der Waals surface area contributed by atoms with Gasteiger partial charge >= 0.3 is 6.09 Å². The number of aromatic nitrogens is 1. The number of carbonyl (C=O) groups excluding carboxylic acids is 1. The van der Waals surface area contributed by atoms with E-state index in [0.717, 1.165) is 72.3 Å². The van der Waals surface area contributed by atoms with Gasteiger partial charge in [0.05, 0.1) is 6.61 Å². The number of rotatable bonds is 13. The van der Waals surface area contributed by atoms with Crippen LogP contribution in [0.2, 0.25) is 0 Å². The van der Waals surface area contributed by atoms with E-state index in [1.165, 1.54) is 0 Å². The summed E-state index contributed by atoms with van der Waals surface area (Å²) in [6, 6.07) is 13.7. The molecule has 0 unspecified atom stereocenters. The van der Waals surface area contributed by atoms with Crippen molar-refractivity contribution in [2.45, 2.75) is 84.8 Å². The molecular weight excluding hydrogens is 572 g/mol. The summed E-state index contributed by atoms with van der Waals surface area (Å²) in [5, 5.41) is 23.9. The second-order valence-electron chi connectivity index (χ2n) is 11.5. The number of hydrogen-bond donors (Lipinski definition) is 5. The molecule has 5 N–H and O–H groups in total. The van der Waals surface area contributed by atoms with E-state index in [9.17, 15) is 14.4 Å². The van der Waals surface area contributed by atoms with Crippen molar-refractivity contribution in [2.75, 3.05) is 24.7 Å². The molecule has 0 saturated heterocycles. The number of pyridine rings is 1. The first-order chi connectivity index (χ1) is 21.7. The fraction of sp³-hybridized carbons (Fsp3) is 0.457. The van der Waals surface area contributed by atoms with E-state index >= 15 is 0 Å². The van der Waals surface area contributed by atoms with E-state index in [4.69, 9.17) is 14.9 Å². The third kappa shape index (κ3) is 8.25. The van der Waals surface area contributed by atoms with Gasteiger partial charge < -0.3 is 35.5 Å². The van der Waals surface area contributed by atoms with Crippen LogP contribution in [0.3, 0.4) is 0 Å². The van der Waals surface area contributed by atoms with Crippen molar-refractivity contribution in [1.82, 2.24) is 15.6 Å². The number of aryl methyl sites for hydroxylation is 2. The molecule has 0 radical (unpaired) electrons. The maximum absolute atomic E-state index is 13.9. The first-order valence-corrected chi connectivity index (χ1v) is 16.0. The van der Waals surface area contributed by atoms with Crippen molar-refractivity contribution in [3.63, 3.8) is 0 Å². The SMILES string of the molecule is CCc1cc(CC)c(CNC(=O)c2cc(-c3ccc(OCCO)cc3)cc(N(CC)[C@H]3CC[C@H](NC(=O)O)CC3)c2C)c(=O)[nH]1. The highest BCUT2D eigenvalue weighted by Crippen LogP contribution is 2.35. The highest BCUT2D eigenvalue weighted by Gasteiger charge is 2.28. The fourth-order valence-electron chi connectivity index (χ4n) is 6.30. The van der Waals surface area contributed by atoms with Crippen LogP contribution in [0, 0.1) is 6.92 Å². The van der Waals surface area contributed by atoms with Crippen LogP contribution >= 0.6 is 0 Å². The maximum Gasteiger partial charge on any atom is 0.404 e. The Morgan fingerprint density at radius 3 is 2.31 bits per heavy atom. The van der Waals surface area contributed by atoms with Crippen molar-refractivity contribution in [3.05, 3.63) is 80.8 Å². The zero-order valence-corrected chi connectivity index (χ0v) is 26.7. The fourth-order valence-corrected chi connectivity index (χ4v) is 6.30. The lowest BCUT2D eigenvalue weighted by molar-refractivity contribution is 0.0950. The summed E-state index contributed by atoms with van der Waals surface area (Å²) in [5.41, 5.74) is 6.30. The molecule has 0 aliphatic heterocycles. The molecule has 2 aromatic carbocycles. The maximum atomic E-state index is 13.9. The number of aromatic amines is 1. The second-order valence-corrected chi connectivity index (χ2v) is 11.5. The molecule has 0 atom stereocenters. The van der Waals surface area contributed by atoms with E-state index < -0.39 is 6.09 Å². The molecule has 1 aromatic heterocycles. The van der Waals surface area contributed by atoms with Crippen molar-refractivity contribution in [3.8, 4) is 16.9 Å². The van der Waals surface area contributed by atoms with Crippen molar-refractivity contribution >= 4 is 17.7 Å². The summed E-state index contributed by atoms with van der Waals surface area (Å²) >= 11 is 0. The Morgan fingerprint density at radius 1 is 1.00 bits per heavy atom. The Bertz CT molecular complexity index is 1530. The van der Waals surface area contributed by atoms with E-state index in [-0.39, 0.29) is 43.3 Å². The van der Waals surface area contributed by atoms with Gasteiger partial charge in [-0.1, -0.05) is 26.0 Å². The number of aliphatic hydroxyl groups is 1. The average molecular weight is 619 g/mol. The van der Waals surface area contributed by atoms with Gasteiger partial charge in [0.2, 0.25) is 0 Å². The van der Waals surface area contributed by atoms with E-state index in [0.29, 0.717) is 23.3 Å². The summed E-state index contributed by atoms with van der Waals surface area (Å²) in [6.07, 6.45) is 3.58. The predicted octanol–water partition coefficient (Wildman–Crippen LogP) is 5.18. The van der Waals surface area contributed by atoms with Crippen LogP contribution in [-0.4, -0.2) is 59.0 Å². The number of carboxylic acid groups (broad SMARTS) is 1. The summed E-state index contributed by atoms with van der Waals surface area (Å²) in [6.45, 7) is 9.03. The number of anilines is 1. The van der Waals surface area contributed by atoms with Gasteiger partial charge in [-0.2, -0.15) is 0 Å². The Labute approximate surface area is 264 Å². The van der Waals surface area contributed by atoms with Crippen LogP contribution in [-0.2, 0) is 19.4 Å². The molecule has 4 rings (SSSR count). The molecule has 3 aromatic rings. The summed E-state index contributed by atoms with van der Waals surface area (Å²) in [7, 11) is 0. The molecule has 0 spiro atoms. The Kier molecular flexibility index (Phi) is 11.6. The molecule has 1 aliphatic rings. The number of nitrogens with zero attached hydrogens (tertiary/aromatic N) is 1. The van der Waals surface area contributed by atoms with Crippen LogP contribution in [0.15, 0.2) is 47.3 Å². The average Bonchev–Trinajstić information content (AvgIpc) is 3.04. The quantitative estimate of drug-likeness (QED) is 0.178. The standard InChI is InChI=1S/C35H46N4O6/c1-5-23-18-26(6-2)37-34(42)31(23)21-36-33(41)30-19-25(24-8-14-29(15-9-24)45-17-16-40)20-32(22(30)4)39(7-3)28-12-10-27(11-13-28)38-35(43)44/h8-9,14-15,18-20,27-28,38,40H,5-7,10-13,16-17,21H2,1-4H3,(H,36,41)(H,37,42)(H,43,44)/t27-,28-. The zero-order valence-electron chi connectivity index (χ0n) is 26.7. The number of nitrogens with one attached hydrogen (secondary N) is 3. The minimum absolute atomic E-state index is 0.0552. The molecule has 1 fully saturated rings. The van der Waals surface area contributed by atoms with Gasteiger partial charge in [0.25, 0.3) is 11.5 Å². The lowest BCUT2D eigenvalue weighted by Gasteiger charge is -2.39. The van der Waals surface area contributed by atoms with Gasteiger partial charge in [0.1, 0.15) is 12.4 Å². The minimum Gasteiger partial charge on any atom is -0.491 e. The Hall–Kier alpha value is -4.31. The van der Waals surface area contributed by atoms with E-state index in [1.54, 1.807) is 0 Å². The van der Waals surface area contributed by atoms with Gasteiger partial charge in [0, 0.05) is 47.7 Å². The van der Waals surface area contributed by atoms with Crippen LogP contribution in [0.5, 0.6) is 5.75 Å². The molecular formula is C35H46N4O6. The molecule has 1 aliphatic carbocycles. The van der Waals surface area contributed by atoms with Crippen LogP contribution in [0.1, 0.15) is 79.2 Å². The van der Waals surface area contributed by atoms with Crippen LogP contribution in [0.4, 0.5) is 10.5 Å². The lowest BCUT2D eigenvalue weighted by Crippen LogP contribution is -2.44. The summed E-state index contributed by atoms with van der Waals surface area (Å²) in [5.74, 6) is 0.385. The smallest absolute Gasteiger partial charge is 0.404 e. The molecule has 45 heavy (non-hydrogen) atoms. The first-order valence-electron chi connectivity index (χ1n) is 16.0.